The van der Waals surface area contributed by atoms with Crippen molar-refractivity contribution in [3.63, 3.8) is 0 Å². The lowest BCUT2D eigenvalue weighted by Gasteiger charge is -2.36. The monoisotopic (exact) mass is 321 g/mol. The van der Waals surface area contributed by atoms with Gasteiger partial charge in [-0.1, -0.05) is 75.9 Å². The molecule has 2 aromatic rings. The Balaban J connectivity index is 2.08. The van der Waals surface area contributed by atoms with Crippen LogP contribution in [0.3, 0.4) is 0 Å². The van der Waals surface area contributed by atoms with E-state index in [4.69, 9.17) is 9.73 Å². The van der Waals surface area contributed by atoms with E-state index in [1.54, 1.807) is 0 Å². The van der Waals surface area contributed by atoms with Crippen LogP contribution in [0.1, 0.15) is 63.5 Å². The molecule has 24 heavy (non-hydrogen) atoms. The second-order valence-corrected chi connectivity index (χ2v) is 6.62. The first-order valence-electron chi connectivity index (χ1n) is 9.21. The van der Waals surface area contributed by atoms with Crippen LogP contribution >= 0.6 is 0 Å². The van der Waals surface area contributed by atoms with Crippen molar-refractivity contribution in [1.82, 2.24) is 0 Å². The van der Waals surface area contributed by atoms with Crippen LogP contribution in [0.25, 0.3) is 0 Å². The minimum atomic E-state index is -0.147. The molecule has 1 heterocycles. The predicted molar refractivity (Wildman–Crippen MR) is 101 cm³/mol. The van der Waals surface area contributed by atoms with Gasteiger partial charge in [0, 0.05) is 11.1 Å². The van der Waals surface area contributed by atoms with Gasteiger partial charge >= 0.3 is 0 Å². The zero-order chi connectivity index (χ0) is 16.8. The first-order valence-corrected chi connectivity index (χ1v) is 9.21. The van der Waals surface area contributed by atoms with E-state index < -0.39 is 0 Å². The molecule has 2 heteroatoms. The standard InChI is InChI=1S/C22H27NO/c1-3-5-16-22(17-6-4-2)19-14-10-11-15-20(19)24-21(23-22)18-12-8-7-9-13-18/h7-15H,3-6,16-17H2,1-2H3. The number of rotatable bonds is 7. The highest BCUT2D eigenvalue weighted by Gasteiger charge is 2.37. The van der Waals surface area contributed by atoms with E-state index in [-0.39, 0.29) is 5.54 Å². The van der Waals surface area contributed by atoms with Gasteiger partial charge in [-0.25, -0.2) is 4.99 Å². The summed E-state index contributed by atoms with van der Waals surface area (Å²) in [5.74, 6) is 1.74. The largest absolute Gasteiger partial charge is 0.438 e. The molecule has 0 saturated heterocycles. The van der Waals surface area contributed by atoms with Crippen LogP contribution in [0.5, 0.6) is 5.75 Å². The first kappa shape index (κ1) is 16.8. The minimum absolute atomic E-state index is 0.147. The highest BCUT2D eigenvalue weighted by Crippen LogP contribution is 2.44. The SMILES string of the molecule is CCCCC1(CCCC)N=C(c2ccccc2)Oc2ccccc21. The van der Waals surface area contributed by atoms with Crippen LogP contribution in [-0.2, 0) is 5.54 Å². The van der Waals surface area contributed by atoms with Crippen molar-refractivity contribution in [2.75, 3.05) is 0 Å². The molecule has 0 spiro atoms. The lowest BCUT2D eigenvalue weighted by Crippen LogP contribution is -2.32. The smallest absolute Gasteiger partial charge is 0.222 e. The van der Waals surface area contributed by atoms with Gasteiger partial charge in [-0.2, -0.15) is 0 Å². The summed E-state index contributed by atoms with van der Waals surface area (Å²) in [4.78, 5) is 5.19. The summed E-state index contributed by atoms with van der Waals surface area (Å²) in [6, 6.07) is 18.7. The summed E-state index contributed by atoms with van der Waals surface area (Å²) in [7, 11) is 0. The summed E-state index contributed by atoms with van der Waals surface area (Å²) in [6.07, 6.45) is 6.91. The molecule has 1 aliphatic rings. The number of aliphatic imine (C=N–C) groups is 1. The zero-order valence-electron chi connectivity index (χ0n) is 14.8. The maximum atomic E-state index is 6.18. The lowest BCUT2D eigenvalue weighted by molar-refractivity contribution is 0.323. The van der Waals surface area contributed by atoms with Crippen molar-refractivity contribution < 1.29 is 4.74 Å². The molecule has 2 nitrogen and oxygen atoms in total. The van der Waals surface area contributed by atoms with Gasteiger partial charge in [0.15, 0.2) is 0 Å². The van der Waals surface area contributed by atoms with Gasteiger partial charge in [-0.05, 0) is 31.0 Å². The summed E-state index contributed by atoms with van der Waals surface area (Å²) in [5.41, 5.74) is 2.17. The molecule has 0 aliphatic carbocycles. The minimum Gasteiger partial charge on any atom is -0.438 e. The average molecular weight is 321 g/mol. The fourth-order valence-corrected chi connectivity index (χ4v) is 3.47. The molecule has 0 unspecified atom stereocenters. The first-order chi connectivity index (χ1) is 11.8. The normalized spacial score (nSPS) is 15.3. The van der Waals surface area contributed by atoms with Crippen molar-refractivity contribution in [1.29, 1.82) is 0 Å². The molecule has 0 N–H and O–H groups in total. The molecule has 0 saturated carbocycles. The molecule has 0 radical (unpaired) electrons. The van der Waals surface area contributed by atoms with Gasteiger partial charge in [0.05, 0.1) is 5.54 Å². The number of fused-ring (bicyclic) bond motifs is 1. The summed E-state index contributed by atoms with van der Waals surface area (Å²) >= 11 is 0. The van der Waals surface area contributed by atoms with Gasteiger partial charge in [0.25, 0.3) is 0 Å². The second kappa shape index (κ2) is 7.65. The number of hydrogen-bond acceptors (Lipinski definition) is 2. The molecular weight excluding hydrogens is 294 g/mol. The van der Waals surface area contributed by atoms with Crippen molar-refractivity contribution in [3.8, 4) is 5.75 Å². The molecule has 126 valence electrons. The van der Waals surface area contributed by atoms with Crippen LogP contribution in [0.15, 0.2) is 59.6 Å². The maximum Gasteiger partial charge on any atom is 0.222 e. The van der Waals surface area contributed by atoms with Crippen LogP contribution in [0.2, 0.25) is 0 Å². The zero-order valence-corrected chi connectivity index (χ0v) is 14.8. The molecule has 0 atom stereocenters. The molecule has 1 aliphatic heterocycles. The Morgan fingerprint density at radius 2 is 1.46 bits per heavy atom. The van der Waals surface area contributed by atoms with Gasteiger partial charge in [0.1, 0.15) is 5.75 Å². The topological polar surface area (TPSA) is 21.6 Å². The molecule has 0 bridgehead atoms. The predicted octanol–water partition coefficient (Wildman–Crippen LogP) is 6.10. The van der Waals surface area contributed by atoms with Crippen LogP contribution < -0.4 is 4.74 Å². The van der Waals surface area contributed by atoms with Crippen LogP contribution in [0.4, 0.5) is 0 Å². The Hall–Kier alpha value is -2.09. The Morgan fingerprint density at radius 1 is 0.833 bits per heavy atom. The quantitative estimate of drug-likeness (QED) is 0.603. The Kier molecular flexibility index (Phi) is 5.34. The molecular formula is C22H27NO. The fourth-order valence-electron chi connectivity index (χ4n) is 3.47. The van der Waals surface area contributed by atoms with E-state index in [1.165, 1.54) is 31.2 Å². The number of hydrogen-bond donors (Lipinski definition) is 0. The molecule has 2 aromatic carbocycles. The van der Waals surface area contributed by atoms with Crippen molar-refractivity contribution in [2.24, 2.45) is 4.99 Å². The van der Waals surface area contributed by atoms with E-state index in [0.29, 0.717) is 0 Å². The van der Waals surface area contributed by atoms with E-state index in [0.717, 1.165) is 30.1 Å². The lowest BCUT2D eigenvalue weighted by atomic mass is 9.80. The number of ether oxygens (including phenoxy) is 1. The van der Waals surface area contributed by atoms with E-state index in [9.17, 15) is 0 Å². The second-order valence-electron chi connectivity index (χ2n) is 6.62. The summed E-state index contributed by atoms with van der Waals surface area (Å²) < 4.78 is 6.18. The van der Waals surface area contributed by atoms with Gasteiger partial charge in [-0.15, -0.1) is 0 Å². The van der Waals surface area contributed by atoms with Gasteiger partial charge in [0.2, 0.25) is 5.90 Å². The van der Waals surface area contributed by atoms with E-state index >= 15 is 0 Å². The average Bonchev–Trinajstić information content (AvgIpc) is 2.65. The van der Waals surface area contributed by atoms with E-state index in [1.807, 2.05) is 18.2 Å². The van der Waals surface area contributed by atoms with Crippen LogP contribution in [0, 0.1) is 0 Å². The van der Waals surface area contributed by atoms with Crippen molar-refractivity contribution >= 4 is 5.90 Å². The Labute approximate surface area is 145 Å². The molecule has 0 amide bonds. The third kappa shape index (κ3) is 3.38. The third-order valence-corrected chi connectivity index (χ3v) is 4.82. The Bertz CT molecular complexity index is 682. The summed E-state index contributed by atoms with van der Waals surface area (Å²) in [5, 5.41) is 0. The highest BCUT2D eigenvalue weighted by atomic mass is 16.5. The number of para-hydroxylation sites is 1. The number of unbranched alkanes of at least 4 members (excludes halogenated alkanes) is 2. The Morgan fingerprint density at radius 3 is 2.12 bits per heavy atom. The number of benzene rings is 2. The fraction of sp³-hybridized carbons (Fsp3) is 0.409. The van der Waals surface area contributed by atoms with E-state index in [2.05, 4.69) is 50.2 Å². The van der Waals surface area contributed by atoms with Gasteiger partial charge in [-0.3, -0.25) is 0 Å². The molecule has 3 rings (SSSR count). The molecule has 0 aromatic heterocycles. The van der Waals surface area contributed by atoms with Crippen LogP contribution in [-0.4, -0.2) is 5.90 Å². The third-order valence-electron chi connectivity index (χ3n) is 4.82. The highest BCUT2D eigenvalue weighted by molar-refractivity contribution is 5.97. The molecule has 0 fully saturated rings. The van der Waals surface area contributed by atoms with Gasteiger partial charge < -0.3 is 4.74 Å². The number of nitrogens with zero attached hydrogens (tertiary/aromatic N) is 1. The van der Waals surface area contributed by atoms with Crippen molar-refractivity contribution in [2.45, 2.75) is 57.9 Å². The van der Waals surface area contributed by atoms with Crippen molar-refractivity contribution in [3.05, 3.63) is 65.7 Å². The maximum absolute atomic E-state index is 6.18. The summed E-state index contributed by atoms with van der Waals surface area (Å²) in [6.45, 7) is 4.50.